The maximum absolute atomic E-state index is 13.7. The molecule has 25 heavy (non-hydrogen) atoms. The molecule has 1 N–H and O–H groups in total. The number of halogens is 2. The van der Waals surface area contributed by atoms with Crippen LogP contribution >= 0.6 is 11.6 Å². The summed E-state index contributed by atoms with van der Waals surface area (Å²) in [6.07, 6.45) is -0.0953. The van der Waals surface area contributed by atoms with Gasteiger partial charge >= 0.3 is 0 Å². The molecule has 0 saturated heterocycles. The molecule has 3 aromatic rings. The Morgan fingerprint density at radius 1 is 1.24 bits per heavy atom. The third-order valence-electron chi connectivity index (χ3n) is 3.58. The minimum absolute atomic E-state index is 0.0763. The van der Waals surface area contributed by atoms with Gasteiger partial charge in [0.2, 0.25) is 17.6 Å². The third kappa shape index (κ3) is 4.42. The van der Waals surface area contributed by atoms with Gasteiger partial charge in [0.15, 0.2) is 0 Å². The van der Waals surface area contributed by atoms with E-state index in [9.17, 15) is 9.18 Å². The van der Waals surface area contributed by atoms with Crippen molar-refractivity contribution in [1.82, 2.24) is 15.5 Å². The van der Waals surface area contributed by atoms with Gasteiger partial charge in [0.1, 0.15) is 5.82 Å². The molecule has 128 valence electrons. The number of hydrogen-bond acceptors (Lipinski definition) is 4. The molecule has 0 aliphatic rings. The molecule has 0 aliphatic carbocycles. The summed E-state index contributed by atoms with van der Waals surface area (Å²) < 4.78 is 18.8. The van der Waals surface area contributed by atoms with Gasteiger partial charge in [0.25, 0.3) is 0 Å². The van der Waals surface area contributed by atoms with E-state index in [1.807, 2.05) is 31.2 Å². The number of rotatable bonds is 5. The second-order valence-corrected chi connectivity index (χ2v) is 6.00. The van der Waals surface area contributed by atoms with Crippen LogP contribution in [0.2, 0.25) is 5.02 Å². The van der Waals surface area contributed by atoms with Gasteiger partial charge in [-0.2, -0.15) is 4.98 Å². The highest BCUT2D eigenvalue weighted by atomic mass is 35.5. The number of hydrogen-bond donors (Lipinski definition) is 1. The first-order valence-electron chi connectivity index (χ1n) is 7.61. The zero-order chi connectivity index (χ0) is 17.8. The zero-order valence-corrected chi connectivity index (χ0v) is 14.2. The number of carbonyl (C=O) groups excluding carboxylic acids is 1. The van der Waals surface area contributed by atoms with Crippen LogP contribution in [0.5, 0.6) is 0 Å². The molecule has 2 aromatic carbocycles. The summed E-state index contributed by atoms with van der Waals surface area (Å²) in [5, 5.41) is 6.81. The van der Waals surface area contributed by atoms with Crippen LogP contribution in [0, 0.1) is 12.7 Å². The molecule has 0 unspecified atom stereocenters. The molecular formula is C18H15ClFN3O2. The fourth-order valence-electron chi connectivity index (χ4n) is 2.22. The normalized spacial score (nSPS) is 10.7. The predicted molar refractivity (Wildman–Crippen MR) is 91.4 cm³/mol. The molecule has 1 aromatic heterocycles. The summed E-state index contributed by atoms with van der Waals surface area (Å²) in [6.45, 7) is 2.07. The Hall–Kier alpha value is -2.73. The Balaban J connectivity index is 1.58. The van der Waals surface area contributed by atoms with E-state index in [-0.39, 0.29) is 35.3 Å². The molecule has 1 heterocycles. The third-order valence-corrected chi connectivity index (χ3v) is 3.82. The van der Waals surface area contributed by atoms with Crippen molar-refractivity contribution in [2.75, 3.05) is 0 Å². The van der Waals surface area contributed by atoms with Crippen molar-refractivity contribution in [2.45, 2.75) is 19.9 Å². The highest BCUT2D eigenvalue weighted by molar-refractivity contribution is 6.30. The molecular weight excluding hydrogens is 345 g/mol. The molecule has 5 nitrogen and oxygen atoms in total. The topological polar surface area (TPSA) is 68.0 Å². The number of aryl methyl sites for hydroxylation is 1. The second kappa shape index (κ2) is 7.44. The maximum Gasteiger partial charge on any atom is 0.246 e. The van der Waals surface area contributed by atoms with Crippen LogP contribution in [0.15, 0.2) is 47.0 Å². The number of benzene rings is 2. The van der Waals surface area contributed by atoms with Crippen molar-refractivity contribution in [2.24, 2.45) is 0 Å². The zero-order valence-electron chi connectivity index (χ0n) is 13.4. The molecule has 7 heteroatoms. The summed E-state index contributed by atoms with van der Waals surface area (Å²) in [5.74, 6) is -0.132. The highest BCUT2D eigenvalue weighted by Crippen LogP contribution is 2.17. The van der Waals surface area contributed by atoms with E-state index in [0.717, 1.165) is 11.1 Å². The first-order chi connectivity index (χ1) is 12.0. The van der Waals surface area contributed by atoms with Crippen LogP contribution in [0.4, 0.5) is 4.39 Å². The molecule has 3 rings (SSSR count). The van der Waals surface area contributed by atoms with Crippen molar-refractivity contribution in [3.05, 3.63) is 70.3 Å². The summed E-state index contributed by atoms with van der Waals surface area (Å²) >= 11 is 5.69. The van der Waals surface area contributed by atoms with Gasteiger partial charge in [0, 0.05) is 10.6 Å². The minimum atomic E-state index is -0.512. The van der Waals surface area contributed by atoms with E-state index < -0.39 is 5.82 Å². The second-order valence-electron chi connectivity index (χ2n) is 5.57. The Morgan fingerprint density at radius 2 is 2.00 bits per heavy atom. The number of aromatic nitrogens is 2. The number of nitrogens with zero attached hydrogens (tertiary/aromatic N) is 2. The van der Waals surface area contributed by atoms with E-state index in [2.05, 4.69) is 15.5 Å². The van der Waals surface area contributed by atoms with Crippen LogP contribution in [0.3, 0.4) is 0 Å². The Kier molecular flexibility index (Phi) is 5.09. The Labute approximate surface area is 148 Å². The lowest BCUT2D eigenvalue weighted by Crippen LogP contribution is -2.25. The summed E-state index contributed by atoms with van der Waals surface area (Å²) in [5.41, 5.74) is 2.23. The van der Waals surface area contributed by atoms with Gasteiger partial charge in [-0.1, -0.05) is 52.7 Å². The lowest BCUT2D eigenvalue weighted by atomic mass is 10.1. The first-order valence-corrected chi connectivity index (χ1v) is 7.99. The SMILES string of the molecule is Cc1ccc(-c2noc(CNC(=O)Cc3ccc(Cl)cc3F)n2)cc1. The van der Waals surface area contributed by atoms with Crippen LogP contribution < -0.4 is 5.32 Å². The van der Waals surface area contributed by atoms with Crippen molar-refractivity contribution < 1.29 is 13.7 Å². The van der Waals surface area contributed by atoms with Gasteiger partial charge in [-0.05, 0) is 24.6 Å². The smallest absolute Gasteiger partial charge is 0.246 e. The van der Waals surface area contributed by atoms with Gasteiger partial charge in [-0.25, -0.2) is 4.39 Å². The fraction of sp³-hybridized carbons (Fsp3) is 0.167. The van der Waals surface area contributed by atoms with Crippen LogP contribution in [-0.2, 0) is 17.8 Å². The van der Waals surface area contributed by atoms with Gasteiger partial charge in [-0.3, -0.25) is 4.79 Å². The van der Waals surface area contributed by atoms with E-state index in [0.29, 0.717) is 5.82 Å². The standard InChI is InChI=1S/C18H15ClFN3O2/c1-11-2-4-12(5-3-11)18-22-17(25-23-18)10-21-16(24)8-13-6-7-14(19)9-15(13)20/h2-7,9H,8,10H2,1H3,(H,21,24). The Morgan fingerprint density at radius 3 is 2.72 bits per heavy atom. The average Bonchev–Trinajstić information content (AvgIpc) is 3.05. The first kappa shape index (κ1) is 17.1. The fourth-order valence-corrected chi connectivity index (χ4v) is 2.38. The Bertz CT molecular complexity index is 894. The summed E-state index contributed by atoms with van der Waals surface area (Å²) in [6, 6.07) is 11.9. The number of carbonyl (C=O) groups is 1. The van der Waals surface area contributed by atoms with Crippen LogP contribution in [0.25, 0.3) is 11.4 Å². The highest BCUT2D eigenvalue weighted by Gasteiger charge is 2.12. The summed E-state index contributed by atoms with van der Waals surface area (Å²) in [7, 11) is 0. The van der Waals surface area contributed by atoms with Crippen molar-refractivity contribution in [3.63, 3.8) is 0 Å². The van der Waals surface area contributed by atoms with E-state index in [1.54, 1.807) is 6.07 Å². The van der Waals surface area contributed by atoms with Gasteiger partial charge < -0.3 is 9.84 Å². The number of nitrogens with one attached hydrogen (secondary N) is 1. The van der Waals surface area contributed by atoms with Crippen molar-refractivity contribution >= 4 is 17.5 Å². The van der Waals surface area contributed by atoms with Gasteiger partial charge in [-0.15, -0.1) is 0 Å². The van der Waals surface area contributed by atoms with Crippen LogP contribution in [0.1, 0.15) is 17.0 Å². The molecule has 0 radical (unpaired) electrons. The maximum atomic E-state index is 13.7. The van der Waals surface area contributed by atoms with Crippen molar-refractivity contribution in [3.8, 4) is 11.4 Å². The van der Waals surface area contributed by atoms with E-state index >= 15 is 0 Å². The predicted octanol–water partition coefficient (Wildman–Crippen LogP) is 3.70. The van der Waals surface area contributed by atoms with E-state index in [1.165, 1.54) is 12.1 Å². The molecule has 0 bridgehead atoms. The molecule has 0 fully saturated rings. The lowest BCUT2D eigenvalue weighted by molar-refractivity contribution is -0.120. The largest absolute Gasteiger partial charge is 0.347 e. The van der Waals surface area contributed by atoms with Gasteiger partial charge in [0.05, 0.1) is 13.0 Å². The number of amides is 1. The quantitative estimate of drug-likeness (QED) is 0.754. The lowest BCUT2D eigenvalue weighted by Gasteiger charge is -2.04. The molecule has 0 saturated carbocycles. The van der Waals surface area contributed by atoms with Crippen molar-refractivity contribution in [1.29, 1.82) is 0 Å². The van der Waals surface area contributed by atoms with Crippen LogP contribution in [-0.4, -0.2) is 16.0 Å². The molecule has 1 amide bonds. The molecule has 0 atom stereocenters. The summed E-state index contributed by atoms with van der Waals surface area (Å²) in [4.78, 5) is 16.2. The molecule has 0 spiro atoms. The minimum Gasteiger partial charge on any atom is -0.347 e. The monoisotopic (exact) mass is 359 g/mol. The average molecular weight is 360 g/mol. The molecule has 0 aliphatic heterocycles. The van der Waals surface area contributed by atoms with E-state index in [4.69, 9.17) is 16.1 Å².